The minimum atomic E-state index is -4.12. The van der Waals surface area contributed by atoms with Gasteiger partial charge in [0.2, 0.25) is 15.9 Å². The Morgan fingerprint density at radius 3 is 2.24 bits per heavy atom. The number of hydrogen-bond acceptors (Lipinski definition) is 6. The summed E-state index contributed by atoms with van der Waals surface area (Å²) in [5.41, 5.74) is 6.59. The number of methoxy groups -OCH3 is 1. The van der Waals surface area contributed by atoms with Crippen LogP contribution in [0.1, 0.15) is 20.3 Å². The molecule has 0 aromatic heterocycles. The van der Waals surface area contributed by atoms with Crippen LogP contribution in [-0.2, 0) is 19.6 Å². The first-order valence-electron chi connectivity index (χ1n) is 7.53. The van der Waals surface area contributed by atoms with Crippen LogP contribution < -0.4 is 16.0 Å². The number of carbonyl (C=O) groups excluding carboxylic acids is 2. The maximum atomic E-state index is 13.0. The fourth-order valence-corrected chi connectivity index (χ4v) is 4.07. The molecule has 1 rings (SSSR count). The number of primary amides is 1. The monoisotopic (exact) mass is 373 g/mol. The maximum absolute atomic E-state index is 13.0. The number of sulfonamides is 1. The number of hydrogen-bond donors (Lipinski definition) is 3. The van der Waals surface area contributed by atoms with Crippen LogP contribution in [0.5, 0.6) is 5.75 Å². The molecular weight excluding hydrogens is 350 g/mol. The van der Waals surface area contributed by atoms with E-state index in [1.54, 1.807) is 13.8 Å². The van der Waals surface area contributed by atoms with Crippen LogP contribution >= 0.6 is 0 Å². The smallest absolute Gasteiger partial charge is 0.262 e. The first kappa shape index (κ1) is 20.9. The van der Waals surface area contributed by atoms with Gasteiger partial charge in [0.1, 0.15) is 11.8 Å². The predicted octanol–water partition coefficient (Wildman–Crippen LogP) is 0.0913. The van der Waals surface area contributed by atoms with Gasteiger partial charge in [0.15, 0.2) is 0 Å². The normalized spacial score (nSPS) is 12.9. The molecule has 0 spiro atoms. The predicted molar refractivity (Wildman–Crippen MR) is 89.3 cm³/mol. The summed E-state index contributed by atoms with van der Waals surface area (Å²) in [5.74, 6) is -1.59. The average molecular weight is 373 g/mol. The Hall–Kier alpha value is -2.17. The first-order chi connectivity index (χ1) is 11.6. The zero-order valence-corrected chi connectivity index (χ0v) is 15.1. The van der Waals surface area contributed by atoms with Crippen LogP contribution in [0, 0.1) is 5.92 Å². The lowest BCUT2D eigenvalue weighted by Crippen LogP contribution is -2.52. The van der Waals surface area contributed by atoms with Gasteiger partial charge in [-0.3, -0.25) is 14.8 Å². The number of amides is 2. The Kier molecular flexibility index (Phi) is 7.34. The van der Waals surface area contributed by atoms with Gasteiger partial charge in [0.25, 0.3) is 5.91 Å². The van der Waals surface area contributed by atoms with Crippen molar-refractivity contribution in [3.63, 3.8) is 0 Å². The molecule has 0 fully saturated rings. The van der Waals surface area contributed by atoms with Crippen LogP contribution in [0.3, 0.4) is 0 Å². The number of nitrogens with two attached hydrogens (primary N) is 1. The number of hydroxylamine groups is 1. The van der Waals surface area contributed by atoms with Crippen molar-refractivity contribution in [1.82, 2.24) is 9.79 Å². The summed E-state index contributed by atoms with van der Waals surface area (Å²) >= 11 is 0. The summed E-state index contributed by atoms with van der Waals surface area (Å²) in [6, 6.07) is 4.39. The molecule has 0 aliphatic heterocycles. The Morgan fingerprint density at radius 1 is 1.28 bits per heavy atom. The quantitative estimate of drug-likeness (QED) is 0.414. The van der Waals surface area contributed by atoms with Crippen molar-refractivity contribution in [1.29, 1.82) is 0 Å². The number of nitrogens with zero attached hydrogens (tertiary/aromatic N) is 1. The number of ether oxygens (including phenoxy) is 1. The molecule has 10 heteroatoms. The zero-order valence-electron chi connectivity index (χ0n) is 14.3. The molecule has 0 aliphatic carbocycles. The molecule has 0 radical (unpaired) electrons. The summed E-state index contributed by atoms with van der Waals surface area (Å²) in [6.45, 7) is 2.96. The van der Waals surface area contributed by atoms with E-state index in [0.29, 0.717) is 5.75 Å². The molecule has 0 heterocycles. The molecule has 1 atom stereocenters. The fraction of sp³-hybridized carbons (Fsp3) is 0.467. The van der Waals surface area contributed by atoms with E-state index in [9.17, 15) is 18.0 Å². The molecule has 1 aromatic rings. The number of rotatable bonds is 9. The molecule has 0 saturated heterocycles. The van der Waals surface area contributed by atoms with Crippen molar-refractivity contribution in [3.8, 4) is 5.75 Å². The van der Waals surface area contributed by atoms with Gasteiger partial charge >= 0.3 is 0 Å². The second kappa shape index (κ2) is 8.79. The van der Waals surface area contributed by atoms with Crippen LogP contribution in [0.25, 0.3) is 0 Å². The van der Waals surface area contributed by atoms with Crippen molar-refractivity contribution in [2.24, 2.45) is 11.7 Å². The summed E-state index contributed by atoms with van der Waals surface area (Å²) in [7, 11) is -2.68. The molecule has 9 nitrogen and oxygen atoms in total. The number of nitrogens with one attached hydrogen (secondary N) is 1. The van der Waals surface area contributed by atoms with E-state index >= 15 is 0 Å². The van der Waals surface area contributed by atoms with Crippen molar-refractivity contribution in [3.05, 3.63) is 24.3 Å². The van der Waals surface area contributed by atoms with Crippen molar-refractivity contribution in [2.45, 2.75) is 31.2 Å². The van der Waals surface area contributed by atoms with E-state index in [4.69, 9.17) is 15.7 Å². The lowest BCUT2D eigenvalue weighted by Gasteiger charge is -2.31. The van der Waals surface area contributed by atoms with Gasteiger partial charge in [0, 0.05) is 13.0 Å². The zero-order chi connectivity index (χ0) is 19.2. The van der Waals surface area contributed by atoms with Gasteiger partial charge in [-0.05, 0) is 30.2 Å². The van der Waals surface area contributed by atoms with Gasteiger partial charge in [-0.15, -0.1) is 0 Å². The number of benzene rings is 1. The SMILES string of the molecule is COc1ccc(S(=O)(=O)N(CCC(N)=O)C(C(=O)NO)C(C)C)cc1. The van der Waals surface area contributed by atoms with Crippen molar-refractivity contribution < 1.29 is 28.0 Å². The van der Waals surface area contributed by atoms with Crippen molar-refractivity contribution in [2.75, 3.05) is 13.7 Å². The second-order valence-corrected chi connectivity index (χ2v) is 7.56. The Balaban J connectivity index is 3.36. The van der Waals surface area contributed by atoms with E-state index in [1.807, 2.05) is 0 Å². The van der Waals surface area contributed by atoms with Crippen LogP contribution in [0.15, 0.2) is 29.2 Å². The summed E-state index contributed by atoms with van der Waals surface area (Å²) in [4.78, 5) is 23.1. The standard InChI is InChI=1S/C15H23N3O6S/c1-10(2)14(15(20)17-21)18(9-8-13(16)19)25(22,23)12-6-4-11(24-3)5-7-12/h4-7,10,14,21H,8-9H2,1-3H3,(H2,16,19)(H,17,20). The third-order valence-corrected chi connectivity index (χ3v) is 5.46. The third-order valence-electron chi connectivity index (χ3n) is 3.57. The maximum Gasteiger partial charge on any atom is 0.262 e. The highest BCUT2D eigenvalue weighted by Gasteiger charge is 2.37. The fourth-order valence-electron chi connectivity index (χ4n) is 2.34. The Bertz CT molecular complexity index is 702. The minimum absolute atomic E-state index is 0.0749. The highest BCUT2D eigenvalue weighted by Crippen LogP contribution is 2.24. The van der Waals surface area contributed by atoms with E-state index in [2.05, 4.69) is 0 Å². The molecule has 0 saturated carbocycles. The summed E-state index contributed by atoms with van der Waals surface area (Å²) < 4.78 is 31.8. The van der Waals surface area contributed by atoms with Gasteiger partial charge in [-0.25, -0.2) is 13.9 Å². The van der Waals surface area contributed by atoms with Crippen LogP contribution in [0.2, 0.25) is 0 Å². The van der Waals surface area contributed by atoms with Crippen LogP contribution in [-0.4, -0.2) is 49.4 Å². The molecule has 1 unspecified atom stereocenters. The van der Waals surface area contributed by atoms with Gasteiger partial charge in [-0.2, -0.15) is 4.31 Å². The van der Waals surface area contributed by atoms with Crippen LogP contribution in [0.4, 0.5) is 0 Å². The highest BCUT2D eigenvalue weighted by molar-refractivity contribution is 7.89. The minimum Gasteiger partial charge on any atom is -0.497 e. The van der Waals surface area contributed by atoms with Gasteiger partial charge in [-0.1, -0.05) is 13.8 Å². The van der Waals surface area contributed by atoms with E-state index < -0.39 is 33.8 Å². The molecule has 4 N–H and O–H groups in total. The van der Waals surface area contributed by atoms with Gasteiger partial charge in [0.05, 0.1) is 12.0 Å². The second-order valence-electron chi connectivity index (χ2n) is 5.67. The highest BCUT2D eigenvalue weighted by atomic mass is 32.2. The number of carbonyl (C=O) groups is 2. The third kappa shape index (κ3) is 5.15. The van der Waals surface area contributed by atoms with E-state index in [-0.39, 0.29) is 17.9 Å². The van der Waals surface area contributed by atoms with E-state index in [1.165, 1.54) is 36.9 Å². The molecule has 25 heavy (non-hydrogen) atoms. The molecule has 140 valence electrons. The average Bonchev–Trinajstić information content (AvgIpc) is 2.57. The largest absolute Gasteiger partial charge is 0.497 e. The molecular formula is C15H23N3O6S. The summed E-state index contributed by atoms with van der Waals surface area (Å²) in [6.07, 6.45) is -0.267. The molecule has 0 aliphatic rings. The van der Waals surface area contributed by atoms with Crippen molar-refractivity contribution >= 4 is 21.8 Å². The van der Waals surface area contributed by atoms with Gasteiger partial charge < -0.3 is 10.5 Å². The Morgan fingerprint density at radius 2 is 1.84 bits per heavy atom. The topological polar surface area (TPSA) is 139 Å². The lowest BCUT2D eigenvalue weighted by atomic mass is 10.0. The Labute approximate surface area is 146 Å². The first-order valence-corrected chi connectivity index (χ1v) is 8.97. The lowest BCUT2D eigenvalue weighted by molar-refractivity contribution is -0.135. The summed E-state index contributed by atoms with van der Waals surface area (Å²) in [5, 5.41) is 8.96. The molecule has 1 aromatic carbocycles. The molecule has 2 amide bonds. The van der Waals surface area contributed by atoms with E-state index in [0.717, 1.165) is 4.31 Å². The molecule has 0 bridgehead atoms.